The van der Waals surface area contributed by atoms with Gasteiger partial charge in [-0.3, -0.25) is 9.36 Å². The van der Waals surface area contributed by atoms with Gasteiger partial charge >= 0.3 is 5.97 Å². The molecule has 0 spiro atoms. The summed E-state index contributed by atoms with van der Waals surface area (Å²) in [4.78, 5) is 32.3. The zero-order chi connectivity index (χ0) is 24.7. The Kier molecular flexibility index (Phi) is 6.55. The molecule has 178 valence electrons. The summed E-state index contributed by atoms with van der Waals surface area (Å²) in [6.45, 7) is 3.74. The number of hydrogen-bond acceptors (Lipinski definition) is 7. The topological polar surface area (TPSA) is 73.8 Å². The van der Waals surface area contributed by atoms with Gasteiger partial charge in [-0.25, -0.2) is 9.79 Å². The maximum atomic E-state index is 13.6. The summed E-state index contributed by atoms with van der Waals surface area (Å²) in [5.41, 5.74) is 1.34. The summed E-state index contributed by atoms with van der Waals surface area (Å²) in [6.07, 6.45) is 1.67. The minimum absolute atomic E-state index is 0.232. The van der Waals surface area contributed by atoms with E-state index in [4.69, 9.17) is 32.4 Å². The van der Waals surface area contributed by atoms with Crippen LogP contribution in [-0.2, 0) is 9.53 Å². The number of furan rings is 1. The second-order valence-electron chi connectivity index (χ2n) is 7.64. The van der Waals surface area contributed by atoms with Crippen molar-refractivity contribution in [3.05, 3.63) is 99.5 Å². The molecule has 10 heteroatoms. The number of thiazole rings is 1. The summed E-state index contributed by atoms with van der Waals surface area (Å²) in [5.74, 6) is 0.574. The van der Waals surface area contributed by atoms with Gasteiger partial charge in [-0.2, -0.15) is 0 Å². The van der Waals surface area contributed by atoms with E-state index in [1.807, 2.05) is 17.5 Å². The fourth-order valence-corrected chi connectivity index (χ4v) is 6.25. The lowest BCUT2D eigenvalue weighted by Gasteiger charge is -2.23. The van der Waals surface area contributed by atoms with Crippen LogP contribution in [0.15, 0.2) is 73.3 Å². The average Bonchev–Trinajstić information content (AvgIpc) is 3.55. The van der Waals surface area contributed by atoms with Crippen molar-refractivity contribution in [2.24, 2.45) is 4.99 Å². The third kappa shape index (κ3) is 4.43. The van der Waals surface area contributed by atoms with Crippen LogP contribution in [0, 0.1) is 0 Å². The lowest BCUT2D eigenvalue weighted by molar-refractivity contribution is -0.139. The van der Waals surface area contributed by atoms with Crippen molar-refractivity contribution >= 4 is 57.9 Å². The number of nitrogens with zero attached hydrogens (tertiary/aromatic N) is 2. The third-order valence-corrected chi connectivity index (χ3v) is 7.88. The normalized spacial score (nSPS) is 15.8. The molecule has 0 fully saturated rings. The molecule has 0 saturated carbocycles. The van der Waals surface area contributed by atoms with Gasteiger partial charge in [-0.1, -0.05) is 40.6 Å². The van der Waals surface area contributed by atoms with Crippen LogP contribution in [0.25, 0.3) is 17.4 Å². The molecular weight excluding hydrogens is 527 g/mol. The van der Waals surface area contributed by atoms with Crippen molar-refractivity contribution in [1.82, 2.24) is 4.57 Å². The number of benzene rings is 1. The molecule has 3 aromatic heterocycles. The van der Waals surface area contributed by atoms with Crippen LogP contribution in [0.2, 0.25) is 10.0 Å². The number of allylic oxidation sites excluding steroid dienone is 1. The fraction of sp³-hybridized carbons (Fsp3) is 0.160. The lowest BCUT2D eigenvalue weighted by atomic mass is 10.0. The first kappa shape index (κ1) is 23.8. The number of ether oxygens (including phenoxy) is 1. The van der Waals surface area contributed by atoms with Gasteiger partial charge < -0.3 is 9.15 Å². The SMILES string of the molecule is CCOC(=O)C1=C(C)N=c2s/c(=C/c3ccc(-c4ccc(Cl)cc4Cl)o3)c(=O)n2[C@H]1c1cccs1. The van der Waals surface area contributed by atoms with Gasteiger partial charge in [-0.05, 0) is 55.6 Å². The highest BCUT2D eigenvalue weighted by atomic mass is 35.5. The summed E-state index contributed by atoms with van der Waals surface area (Å²) < 4.78 is 13.2. The van der Waals surface area contributed by atoms with E-state index in [-0.39, 0.29) is 12.2 Å². The summed E-state index contributed by atoms with van der Waals surface area (Å²) >= 11 is 15.0. The Morgan fingerprint density at radius 1 is 1.26 bits per heavy atom. The zero-order valence-electron chi connectivity index (χ0n) is 18.6. The first-order valence-corrected chi connectivity index (χ1v) is 13.1. The molecule has 0 radical (unpaired) electrons. The highest BCUT2D eigenvalue weighted by Gasteiger charge is 2.33. The Morgan fingerprint density at radius 3 is 2.80 bits per heavy atom. The fourth-order valence-electron chi connectivity index (χ4n) is 3.90. The molecule has 1 aliphatic heterocycles. The number of halogens is 2. The number of esters is 1. The Balaban J connectivity index is 1.62. The largest absolute Gasteiger partial charge is 0.463 e. The van der Waals surface area contributed by atoms with Crippen LogP contribution in [0.4, 0.5) is 0 Å². The Hall–Kier alpha value is -2.91. The van der Waals surface area contributed by atoms with Gasteiger partial charge in [0, 0.05) is 21.5 Å². The van der Waals surface area contributed by atoms with Crippen molar-refractivity contribution in [1.29, 1.82) is 0 Å². The van der Waals surface area contributed by atoms with Crippen molar-refractivity contribution in [3.8, 4) is 11.3 Å². The minimum atomic E-state index is -0.604. The highest BCUT2D eigenvalue weighted by molar-refractivity contribution is 7.10. The van der Waals surface area contributed by atoms with E-state index in [2.05, 4.69) is 4.99 Å². The Labute approximate surface area is 218 Å². The summed E-state index contributed by atoms with van der Waals surface area (Å²) in [7, 11) is 0. The Bertz CT molecular complexity index is 1640. The van der Waals surface area contributed by atoms with Crippen molar-refractivity contribution in [2.45, 2.75) is 19.9 Å². The molecular formula is C25H18Cl2N2O4S2. The lowest BCUT2D eigenvalue weighted by Crippen LogP contribution is -2.39. The maximum absolute atomic E-state index is 13.6. The van der Waals surface area contributed by atoms with Crippen LogP contribution in [0.1, 0.15) is 30.5 Å². The van der Waals surface area contributed by atoms with Crippen molar-refractivity contribution in [2.75, 3.05) is 6.61 Å². The molecule has 4 heterocycles. The molecule has 0 amide bonds. The molecule has 0 bridgehead atoms. The van der Waals surface area contributed by atoms with Gasteiger partial charge in [0.1, 0.15) is 17.6 Å². The van der Waals surface area contributed by atoms with Gasteiger partial charge in [0.2, 0.25) is 0 Å². The summed E-state index contributed by atoms with van der Waals surface area (Å²) in [5, 5.41) is 2.91. The van der Waals surface area contributed by atoms with Crippen molar-refractivity contribution < 1.29 is 13.9 Å². The number of fused-ring (bicyclic) bond motifs is 1. The number of rotatable bonds is 5. The van der Waals surface area contributed by atoms with E-state index >= 15 is 0 Å². The molecule has 0 N–H and O–H groups in total. The average molecular weight is 545 g/mol. The third-order valence-electron chi connectivity index (χ3n) is 5.43. The van der Waals surface area contributed by atoms with Gasteiger partial charge in [0.25, 0.3) is 5.56 Å². The van der Waals surface area contributed by atoms with E-state index in [0.29, 0.717) is 47.7 Å². The number of aromatic nitrogens is 1. The zero-order valence-corrected chi connectivity index (χ0v) is 21.7. The maximum Gasteiger partial charge on any atom is 0.338 e. The van der Waals surface area contributed by atoms with E-state index < -0.39 is 12.0 Å². The smallest absolute Gasteiger partial charge is 0.338 e. The molecule has 0 aliphatic carbocycles. The number of hydrogen-bond donors (Lipinski definition) is 0. The minimum Gasteiger partial charge on any atom is -0.463 e. The monoisotopic (exact) mass is 544 g/mol. The van der Waals surface area contributed by atoms with E-state index in [9.17, 15) is 9.59 Å². The molecule has 1 atom stereocenters. The molecule has 0 unspecified atom stereocenters. The Morgan fingerprint density at radius 2 is 2.09 bits per heavy atom. The van der Waals surface area contributed by atoms with E-state index in [0.717, 1.165) is 4.88 Å². The van der Waals surface area contributed by atoms with Crippen LogP contribution in [0.5, 0.6) is 0 Å². The molecule has 5 rings (SSSR count). The number of carbonyl (C=O) groups is 1. The summed E-state index contributed by atoms with van der Waals surface area (Å²) in [6, 6.07) is 11.9. The van der Waals surface area contributed by atoms with Crippen LogP contribution >= 0.6 is 45.9 Å². The molecule has 35 heavy (non-hydrogen) atoms. The van der Waals surface area contributed by atoms with Crippen LogP contribution in [-0.4, -0.2) is 17.1 Å². The predicted octanol–water partition coefficient (Wildman–Crippen LogP) is 5.43. The number of carbonyl (C=O) groups excluding carboxylic acids is 1. The highest BCUT2D eigenvalue weighted by Crippen LogP contribution is 2.34. The van der Waals surface area contributed by atoms with Crippen LogP contribution < -0.4 is 14.9 Å². The first-order valence-electron chi connectivity index (χ1n) is 10.7. The quantitative estimate of drug-likeness (QED) is 0.314. The van der Waals surface area contributed by atoms with E-state index in [1.54, 1.807) is 54.8 Å². The van der Waals surface area contributed by atoms with Crippen LogP contribution in [0.3, 0.4) is 0 Å². The number of thiophene rings is 1. The molecule has 6 nitrogen and oxygen atoms in total. The molecule has 0 saturated heterocycles. The molecule has 1 aromatic carbocycles. The van der Waals surface area contributed by atoms with Gasteiger partial charge in [-0.15, -0.1) is 11.3 Å². The second kappa shape index (κ2) is 9.62. The predicted molar refractivity (Wildman–Crippen MR) is 139 cm³/mol. The first-order chi connectivity index (χ1) is 16.9. The van der Waals surface area contributed by atoms with Gasteiger partial charge in [0.15, 0.2) is 4.80 Å². The van der Waals surface area contributed by atoms with Crippen molar-refractivity contribution in [3.63, 3.8) is 0 Å². The van der Waals surface area contributed by atoms with Gasteiger partial charge in [0.05, 0.1) is 27.4 Å². The second-order valence-corrected chi connectivity index (χ2v) is 10.5. The molecule has 1 aliphatic rings. The van der Waals surface area contributed by atoms with E-state index in [1.165, 1.54) is 22.7 Å². The molecule has 4 aromatic rings. The standard InChI is InChI=1S/C25H18Cl2N2O4S2/c1-3-32-24(31)21-13(2)28-25-29(22(21)19-5-4-10-34-19)23(30)20(35-25)12-15-7-9-18(33-15)16-8-6-14(26)11-17(16)27/h4-12,22H,3H2,1-2H3/b20-12+/t22-/m0/s1.